The molecule has 0 unspecified atom stereocenters. The summed E-state index contributed by atoms with van der Waals surface area (Å²) in [5.41, 5.74) is 2.08. The van der Waals surface area contributed by atoms with Gasteiger partial charge in [0.2, 0.25) is 0 Å². The van der Waals surface area contributed by atoms with Crippen LogP contribution in [0, 0.1) is 11.3 Å². The maximum Gasteiger partial charge on any atom is 0.256 e. The zero-order valence-electron chi connectivity index (χ0n) is 12.9. The minimum atomic E-state index is -0.0989. The number of thioether (sulfide) groups is 1. The predicted octanol–water partition coefficient (Wildman–Crippen LogP) is 5.33. The van der Waals surface area contributed by atoms with Crippen molar-refractivity contribution in [3.05, 3.63) is 81.1 Å². The number of halogens is 1. The number of fused-ring (bicyclic) bond motifs is 3. The molecule has 0 aliphatic carbocycles. The summed E-state index contributed by atoms with van der Waals surface area (Å²) < 4.78 is 2.63. The molecule has 25 heavy (non-hydrogen) atoms. The second-order valence-corrected chi connectivity index (χ2v) is 7.96. The first kappa shape index (κ1) is 16.2. The van der Waals surface area contributed by atoms with E-state index in [1.165, 1.54) is 11.3 Å². The summed E-state index contributed by atoms with van der Waals surface area (Å²) >= 11 is 8.97. The van der Waals surface area contributed by atoms with E-state index in [4.69, 9.17) is 11.6 Å². The molecule has 2 heterocycles. The van der Waals surface area contributed by atoms with Gasteiger partial charge in [-0.1, -0.05) is 23.7 Å². The van der Waals surface area contributed by atoms with E-state index in [0.717, 1.165) is 20.7 Å². The number of rotatable bonds is 3. The number of hydrogen-bond donors (Lipinski definition) is 0. The monoisotopic (exact) mass is 382 g/mol. The van der Waals surface area contributed by atoms with Gasteiger partial charge in [0.05, 0.1) is 15.8 Å². The Morgan fingerprint density at radius 3 is 2.68 bits per heavy atom. The van der Waals surface area contributed by atoms with Crippen molar-refractivity contribution in [3.63, 3.8) is 0 Å². The van der Waals surface area contributed by atoms with E-state index in [-0.39, 0.29) is 5.56 Å². The van der Waals surface area contributed by atoms with Crippen molar-refractivity contribution in [2.75, 3.05) is 0 Å². The molecule has 4 aromatic rings. The number of para-hydroxylation sites is 1. The summed E-state index contributed by atoms with van der Waals surface area (Å²) in [6, 6.07) is 19.1. The molecule has 0 N–H and O–H groups in total. The van der Waals surface area contributed by atoms with E-state index in [1.807, 2.05) is 48.5 Å². The van der Waals surface area contributed by atoms with Crippen LogP contribution in [-0.2, 0) is 5.75 Å². The molecular formula is C19H11ClN2OS2. The van der Waals surface area contributed by atoms with Gasteiger partial charge in [-0.15, -0.1) is 23.1 Å². The number of benzene rings is 2. The van der Waals surface area contributed by atoms with Gasteiger partial charge in [0.15, 0.2) is 0 Å². The molecule has 0 aliphatic heterocycles. The summed E-state index contributed by atoms with van der Waals surface area (Å²) in [5, 5.41) is 10.4. The topological polar surface area (TPSA) is 45.3 Å². The number of thiazole rings is 1. The van der Waals surface area contributed by atoms with Gasteiger partial charge < -0.3 is 0 Å². The second-order valence-electron chi connectivity index (χ2n) is 5.45. The Morgan fingerprint density at radius 2 is 1.92 bits per heavy atom. The molecule has 0 bridgehead atoms. The zero-order valence-corrected chi connectivity index (χ0v) is 15.3. The molecule has 0 saturated heterocycles. The van der Waals surface area contributed by atoms with Crippen molar-refractivity contribution in [1.82, 2.24) is 4.40 Å². The fraction of sp³-hybridized carbons (Fsp3) is 0.0526. The van der Waals surface area contributed by atoms with Crippen LogP contribution >= 0.6 is 34.7 Å². The van der Waals surface area contributed by atoms with Crippen LogP contribution in [0.25, 0.3) is 15.0 Å². The molecule has 4 rings (SSSR count). The molecule has 0 amide bonds. The molecule has 0 radical (unpaired) electrons. The van der Waals surface area contributed by atoms with Gasteiger partial charge in [-0.05, 0) is 42.0 Å². The van der Waals surface area contributed by atoms with E-state index >= 15 is 0 Å². The highest BCUT2D eigenvalue weighted by Crippen LogP contribution is 2.31. The van der Waals surface area contributed by atoms with E-state index in [9.17, 15) is 10.1 Å². The van der Waals surface area contributed by atoms with Gasteiger partial charge in [-0.3, -0.25) is 9.20 Å². The maximum atomic E-state index is 12.6. The van der Waals surface area contributed by atoms with Crippen molar-refractivity contribution in [3.8, 4) is 6.07 Å². The minimum Gasteiger partial charge on any atom is -0.269 e. The SMILES string of the molecule is N#Cc1c(CSc2ccc(Cl)cc2)cc(=O)n2c1sc1ccccc12. The molecule has 0 spiro atoms. The molecule has 0 saturated carbocycles. The van der Waals surface area contributed by atoms with Crippen LogP contribution in [0.1, 0.15) is 11.1 Å². The number of hydrogen-bond acceptors (Lipinski definition) is 4. The lowest BCUT2D eigenvalue weighted by Gasteiger charge is -2.06. The summed E-state index contributed by atoms with van der Waals surface area (Å²) in [4.78, 5) is 14.4. The molecule has 2 aromatic carbocycles. The van der Waals surface area contributed by atoms with E-state index in [0.29, 0.717) is 21.2 Å². The standard InChI is InChI=1S/C19H11ClN2OS2/c20-13-5-7-14(8-6-13)24-11-12-9-18(23)22-16-3-1-2-4-17(16)25-19(22)15(12)10-21/h1-9H,11H2. The highest BCUT2D eigenvalue weighted by Gasteiger charge is 2.15. The van der Waals surface area contributed by atoms with Crippen LogP contribution in [0.5, 0.6) is 0 Å². The Kier molecular flexibility index (Phi) is 4.26. The van der Waals surface area contributed by atoms with Crippen LogP contribution < -0.4 is 5.56 Å². The van der Waals surface area contributed by atoms with Gasteiger partial charge >= 0.3 is 0 Å². The summed E-state index contributed by atoms with van der Waals surface area (Å²) in [5.74, 6) is 0.560. The molecule has 0 aliphatic rings. The number of pyridine rings is 1. The smallest absolute Gasteiger partial charge is 0.256 e. The van der Waals surface area contributed by atoms with Gasteiger partial charge in [0.25, 0.3) is 5.56 Å². The maximum absolute atomic E-state index is 12.6. The number of nitrogens with zero attached hydrogens (tertiary/aromatic N) is 2. The Labute approximate surface area is 157 Å². The van der Waals surface area contributed by atoms with Crippen molar-refractivity contribution >= 4 is 49.7 Å². The third-order valence-electron chi connectivity index (χ3n) is 3.89. The average Bonchev–Trinajstić information content (AvgIpc) is 3.01. The van der Waals surface area contributed by atoms with E-state index in [2.05, 4.69) is 6.07 Å². The van der Waals surface area contributed by atoms with E-state index < -0.39 is 0 Å². The fourth-order valence-corrected chi connectivity index (χ4v) is 4.90. The Bertz CT molecular complexity index is 1190. The van der Waals surface area contributed by atoms with Crippen LogP contribution in [0.4, 0.5) is 0 Å². The first-order valence-electron chi connectivity index (χ1n) is 7.52. The lowest BCUT2D eigenvalue weighted by Crippen LogP contribution is -2.13. The third kappa shape index (κ3) is 2.93. The Hall–Kier alpha value is -2.26. The second kappa shape index (κ2) is 6.57. The quantitative estimate of drug-likeness (QED) is 0.450. The Balaban J connectivity index is 1.81. The van der Waals surface area contributed by atoms with Crippen molar-refractivity contribution < 1.29 is 0 Å². The predicted molar refractivity (Wildman–Crippen MR) is 105 cm³/mol. The van der Waals surface area contributed by atoms with Crippen molar-refractivity contribution in [2.45, 2.75) is 10.6 Å². The molecule has 0 atom stereocenters. The molecule has 2 aromatic heterocycles. The van der Waals surface area contributed by atoms with Gasteiger partial charge in [0.1, 0.15) is 10.9 Å². The molecule has 122 valence electrons. The summed E-state index contributed by atoms with van der Waals surface area (Å²) in [7, 11) is 0. The zero-order chi connectivity index (χ0) is 17.4. The van der Waals surface area contributed by atoms with Gasteiger partial charge in [0, 0.05) is 21.7 Å². The molecular weight excluding hydrogens is 372 g/mol. The average molecular weight is 383 g/mol. The van der Waals surface area contributed by atoms with Crippen molar-refractivity contribution in [2.24, 2.45) is 0 Å². The summed E-state index contributed by atoms with van der Waals surface area (Å²) in [6.45, 7) is 0. The highest BCUT2D eigenvalue weighted by molar-refractivity contribution is 7.98. The van der Waals surface area contributed by atoms with Crippen LogP contribution in [0.15, 0.2) is 64.3 Å². The summed E-state index contributed by atoms with van der Waals surface area (Å²) in [6.07, 6.45) is 0. The highest BCUT2D eigenvalue weighted by atomic mass is 35.5. The normalized spacial score (nSPS) is 11.0. The molecule has 6 heteroatoms. The van der Waals surface area contributed by atoms with Gasteiger partial charge in [-0.2, -0.15) is 5.26 Å². The number of nitriles is 1. The molecule has 0 fully saturated rings. The molecule has 3 nitrogen and oxygen atoms in total. The van der Waals surface area contributed by atoms with Crippen molar-refractivity contribution in [1.29, 1.82) is 5.26 Å². The lowest BCUT2D eigenvalue weighted by atomic mass is 10.2. The van der Waals surface area contributed by atoms with Gasteiger partial charge in [-0.25, -0.2) is 0 Å². The Morgan fingerprint density at radius 1 is 1.16 bits per heavy atom. The van der Waals surface area contributed by atoms with Crippen LogP contribution in [0.3, 0.4) is 0 Å². The van der Waals surface area contributed by atoms with Crippen LogP contribution in [0.2, 0.25) is 5.02 Å². The fourth-order valence-electron chi connectivity index (χ4n) is 2.72. The van der Waals surface area contributed by atoms with Crippen LogP contribution in [-0.4, -0.2) is 4.40 Å². The third-order valence-corrected chi connectivity index (χ3v) is 6.35. The lowest BCUT2D eigenvalue weighted by molar-refractivity contribution is 1.14. The first-order chi connectivity index (χ1) is 12.2. The minimum absolute atomic E-state index is 0.0989. The number of aromatic nitrogens is 1. The first-order valence-corrected chi connectivity index (χ1v) is 9.70. The largest absolute Gasteiger partial charge is 0.269 e. The van der Waals surface area contributed by atoms with E-state index in [1.54, 1.807) is 22.2 Å².